The highest BCUT2D eigenvalue weighted by molar-refractivity contribution is 8.76. The largest absolute Gasteiger partial charge is 0.316 e. The van der Waals surface area contributed by atoms with Crippen molar-refractivity contribution in [3.05, 3.63) is 48.5 Å². The Hall–Kier alpha value is -1.92. The van der Waals surface area contributed by atoms with E-state index in [1.807, 2.05) is 62.4 Å². The van der Waals surface area contributed by atoms with E-state index in [2.05, 4.69) is 0 Å². The van der Waals surface area contributed by atoms with Crippen LogP contribution in [0.3, 0.4) is 0 Å². The molecule has 1 heterocycles. The van der Waals surface area contributed by atoms with Crippen LogP contribution in [0.5, 0.6) is 0 Å². The molecule has 0 spiro atoms. The van der Waals surface area contributed by atoms with Crippen molar-refractivity contribution in [2.75, 3.05) is 22.9 Å². The first-order chi connectivity index (χ1) is 11.7. The zero-order valence-electron chi connectivity index (χ0n) is 13.6. The standard InChI is InChI=1S/C18H18N2O2S2/c1-3-19-13-9-5-7-11-15(13)23-24-16-12-8-6-10-14(16)20(4-2)18(22)17(19)21/h5-12H,3-4H2,1-2H3. The van der Waals surface area contributed by atoms with Crippen molar-refractivity contribution < 1.29 is 9.59 Å². The maximum Gasteiger partial charge on any atom is 0.316 e. The second-order valence-corrected chi connectivity index (χ2v) is 7.41. The number of carbonyl (C=O) groups excluding carboxylic acids is 2. The van der Waals surface area contributed by atoms with E-state index in [0.29, 0.717) is 13.1 Å². The molecule has 0 bridgehead atoms. The van der Waals surface area contributed by atoms with Gasteiger partial charge in [-0.25, -0.2) is 0 Å². The first-order valence-corrected chi connectivity index (χ1v) is 9.98. The molecule has 0 aromatic heterocycles. The number of amides is 2. The Morgan fingerprint density at radius 2 is 1.08 bits per heavy atom. The summed E-state index contributed by atoms with van der Waals surface area (Å²) in [6.45, 7) is 4.67. The molecular formula is C18H18N2O2S2. The minimum absolute atomic E-state index is 0.450. The third-order valence-electron chi connectivity index (χ3n) is 3.84. The second kappa shape index (κ2) is 7.32. The third kappa shape index (κ3) is 3.03. The molecule has 0 unspecified atom stereocenters. The summed E-state index contributed by atoms with van der Waals surface area (Å²) >= 11 is 0. The van der Waals surface area contributed by atoms with Gasteiger partial charge in [0.2, 0.25) is 0 Å². The Bertz CT molecular complexity index is 714. The number of anilines is 2. The Labute approximate surface area is 149 Å². The van der Waals surface area contributed by atoms with E-state index >= 15 is 0 Å². The summed E-state index contributed by atoms with van der Waals surface area (Å²) in [6, 6.07) is 15.4. The Balaban J connectivity index is 2.15. The van der Waals surface area contributed by atoms with E-state index in [1.165, 1.54) is 0 Å². The summed E-state index contributed by atoms with van der Waals surface area (Å²) in [5, 5.41) is 0. The number of nitrogens with zero attached hydrogens (tertiary/aromatic N) is 2. The van der Waals surface area contributed by atoms with Crippen molar-refractivity contribution in [1.82, 2.24) is 0 Å². The Morgan fingerprint density at radius 1 is 0.708 bits per heavy atom. The summed E-state index contributed by atoms with van der Waals surface area (Å²) in [5.74, 6) is -0.983. The average Bonchev–Trinajstić information content (AvgIpc) is 2.62. The molecule has 0 aliphatic carbocycles. The summed E-state index contributed by atoms with van der Waals surface area (Å²) in [4.78, 5) is 30.8. The van der Waals surface area contributed by atoms with Gasteiger partial charge in [0.15, 0.2) is 0 Å². The predicted octanol–water partition coefficient (Wildman–Crippen LogP) is 4.21. The maximum atomic E-state index is 12.9. The molecule has 2 aromatic rings. The minimum Gasteiger partial charge on any atom is -0.303 e. The van der Waals surface area contributed by atoms with Gasteiger partial charge >= 0.3 is 11.8 Å². The van der Waals surface area contributed by atoms with Crippen molar-refractivity contribution in [2.24, 2.45) is 0 Å². The molecule has 6 heteroatoms. The van der Waals surface area contributed by atoms with Crippen LogP contribution in [-0.4, -0.2) is 24.9 Å². The summed E-state index contributed by atoms with van der Waals surface area (Å²) in [6.07, 6.45) is 0. The van der Waals surface area contributed by atoms with Gasteiger partial charge in [-0.1, -0.05) is 45.9 Å². The van der Waals surface area contributed by atoms with E-state index in [4.69, 9.17) is 0 Å². The van der Waals surface area contributed by atoms with E-state index < -0.39 is 11.8 Å². The van der Waals surface area contributed by atoms with Gasteiger partial charge in [0.25, 0.3) is 0 Å². The van der Waals surface area contributed by atoms with Gasteiger partial charge in [0, 0.05) is 22.9 Å². The molecule has 3 rings (SSSR count). The van der Waals surface area contributed by atoms with Gasteiger partial charge in [-0.2, -0.15) is 0 Å². The SMILES string of the molecule is CCN1C(=O)C(=O)N(CC)c2ccccc2SSc2ccccc21. The quantitative estimate of drug-likeness (QED) is 0.596. The van der Waals surface area contributed by atoms with Crippen molar-refractivity contribution in [2.45, 2.75) is 23.6 Å². The number of rotatable bonds is 2. The van der Waals surface area contributed by atoms with Crippen LogP contribution in [0.2, 0.25) is 0 Å². The van der Waals surface area contributed by atoms with Crippen LogP contribution in [0.1, 0.15) is 13.8 Å². The highest BCUT2D eigenvalue weighted by atomic mass is 33.1. The first kappa shape index (κ1) is 16.9. The zero-order chi connectivity index (χ0) is 17.1. The normalized spacial score (nSPS) is 15.1. The van der Waals surface area contributed by atoms with E-state index in [1.54, 1.807) is 31.4 Å². The number of para-hydroxylation sites is 2. The average molecular weight is 358 g/mol. The fourth-order valence-electron chi connectivity index (χ4n) is 2.67. The zero-order valence-corrected chi connectivity index (χ0v) is 15.2. The second-order valence-electron chi connectivity index (χ2n) is 5.20. The van der Waals surface area contributed by atoms with Crippen molar-refractivity contribution >= 4 is 44.8 Å². The van der Waals surface area contributed by atoms with Crippen LogP contribution >= 0.6 is 21.6 Å². The lowest BCUT2D eigenvalue weighted by atomic mass is 10.2. The Morgan fingerprint density at radius 3 is 1.46 bits per heavy atom. The molecule has 4 nitrogen and oxygen atoms in total. The van der Waals surface area contributed by atoms with Gasteiger partial charge in [-0.05, 0) is 38.1 Å². The van der Waals surface area contributed by atoms with Gasteiger partial charge < -0.3 is 9.80 Å². The topological polar surface area (TPSA) is 40.6 Å². The van der Waals surface area contributed by atoms with E-state index in [-0.39, 0.29) is 0 Å². The number of benzene rings is 2. The lowest BCUT2D eigenvalue weighted by Crippen LogP contribution is -2.46. The molecule has 0 fully saturated rings. The third-order valence-corrected chi connectivity index (χ3v) is 6.30. The molecule has 24 heavy (non-hydrogen) atoms. The molecule has 1 aliphatic rings. The van der Waals surface area contributed by atoms with Crippen molar-refractivity contribution in [3.8, 4) is 0 Å². The smallest absolute Gasteiger partial charge is 0.303 e. The van der Waals surface area contributed by atoms with Gasteiger partial charge in [-0.15, -0.1) is 0 Å². The molecule has 1 aliphatic heterocycles. The molecule has 0 atom stereocenters. The van der Waals surface area contributed by atoms with E-state index in [9.17, 15) is 9.59 Å². The van der Waals surface area contributed by atoms with Gasteiger partial charge in [-0.3, -0.25) is 9.59 Å². The number of likely N-dealkylation sites (N-methyl/N-ethyl adjacent to an activating group) is 2. The number of hydrogen-bond acceptors (Lipinski definition) is 4. The van der Waals surface area contributed by atoms with Crippen LogP contribution in [-0.2, 0) is 9.59 Å². The molecular weight excluding hydrogens is 340 g/mol. The summed E-state index contributed by atoms with van der Waals surface area (Å²) in [5.41, 5.74) is 1.57. The van der Waals surface area contributed by atoms with Crippen LogP contribution in [0.15, 0.2) is 58.3 Å². The maximum absolute atomic E-state index is 12.9. The van der Waals surface area contributed by atoms with Gasteiger partial charge in [0.1, 0.15) is 0 Å². The molecule has 2 aromatic carbocycles. The Kier molecular flexibility index (Phi) is 5.16. The number of fused-ring (bicyclic) bond motifs is 2. The monoisotopic (exact) mass is 358 g/mol. The number of hydrogen-bond donors (Lipinski definition) is 0. The summed E-state index contributed by atoms with van der Waals surface area (Å²) < 4.78 is 0. The lowest BCUT2D eigenvalue weighted by Gasteiger charge is -2.29. The summed E-state index contributed by atoms with van der Waals surface area (Å²) in [7, 11) is 3.22. The fraction of sp³-hybridized carbons (Fsp3) is 0.222. The molecule has 2 amide bonds. The lowest BCUT2D eigenvalue weighted by molar-refractivity contribution is -0.136. The number of carbonyl (C=O) groups is 2. The van der Waals surface area contributed by atoms with Crippen LogP contribution in [0.4, 0.5) is 11.4 Å². The van der Waals surface area contributed by atoms with Gasteiger partial charge in [0.05, 0.1) is 11.4 Å². The van der Waals surface area contributed by atoms with Crippen LogP contribution < -0.4 is 9.80 Å². The highest BCUT2D eigenvalue weighted by Gasteiger charge is 2.30. The highest BCUT2D eigenvalue weighted by Crippen LogP contribution is 2.45. The van der Waals surface area contributed by atoms with Crippen molar-refractivity contribution in [1.29, 1.82) is 0 Å². The van der Waals surface area contributed by atoms with E-state index in [0.717, 1.165) is 21.2 Å². The van der Waals surface area contributed by atoms with Crippen molar-refractivity contribution in [3.63, 3.8) is 0 Å². The van der Waals surface area contributed by atoms with Crippen LogP contribution in [0, 0.1) is 0 Å². The van der Waals surface area contributed by atoms with Crippen LogP contribution in [0.25, 0.3) is 0 Å². The minimum atomic E-state index is -0.492. The first-order valence-electron chi connectivity index (χ1n) is 7.83. The molecule has 0 radical (unpaired) electrons. The molecule has 0 saturated carbocycles. The predicted molar refractivity (Wildman–Crippen MR) is 101 cm³/mol. The fourth-order valence-corrected chi connectivity index (χ4v) is 5.03. The molecule has 0 N–H and O–H groups in total. The molecule has 0 saturated heterocycles. The molecule has 124 valence electrons.